The second-order valence-electron chi connectivity index (χ2n) is 4.52. The van der Waals surface area contributed by atoms with Gasteiger partial charge in [0.05, 0.1) is 12.0 Å². The molecule has 98 valence electrons. The maximum atomic E-state index is 9.25. The van der Waals surface area contributed by atoms with Crippen molar-refractivity contribution in [3.63, 3.8) is 0 Å². The average molecular weight is 299 g/mol. The molecule has 6 heteroatoms. The van der Waals surface area contributed by atoms with Gasteiger partial charge in [0, 0.05) is 5.25 Å². The molecule has 1 saturated carbocycles. The molecule has 0 bridgehead atoms. The van der Waals surface area contributed by atoms with Gasteiger partial charge in [0.2, 0.25) is 0 Å². The highest BCUT2D eigenvalue weighted by molar-refractivity contribution is 8.03. The zero-order valence-corrected chi connectivity index (χ0v) is 13.1. The first-order chi connectivity index (χ1) is 8.76. The van der Waals surface area contributed by atoms with Gasteiger partial charge >= 0.3 is 0 Å². The first-order valence-electron chi connectivity index (χ1n) is 6.20. The van der Waals surface area contributed by atoms with E-state index in [0.29, 0.717) is 5.25 Å². The molecule has 0 aliphatic heterocycles. The van der Waals surface area contributed by atoms with Crippen LogP contribution in [-0.4, -0.2) is 21.7 Å². The zero-order valence-electron chi connectivity index (χ0n) is 10.6. The van der Waals surface area contributed by atoms with E-state index in [2.05, 4.69) is 23.2 Å². The molecule has 0 radical (unpaired) electrons. The van der Waals surface area contributed by atoms with Gasteiger partial charge < -0.3 is 0 Å². The molecule has 0 spiro atoms. The summed E-state index contributed by atoms with van der Waals surface area (Å²) in [5.74, 6) is 0.958. The molecular weight excluding hydrogens is 282 g/mol. The number of hydrogen-bond acceptors (Lipinski definition) is 6. The maximum Gasteiger partial charge on any atom is 0.175 e. The number of rotatable bonds is 4. The second kappa shape index (κ2) is 6.78. The lowest BCUT2D eigenvalue weighted by molar-refractivity contribution is 0.317. The van der Waals surface area contributed by atoms with Crippen molar-refractivity contribution in [3.05, 3.63) is 0 Å². The fourth-order valence-corrected chi connectivity index (χ4v) is 5.36. The second-order valence-corrected chi connectivity index (χ2v) is 8.03. The van der Waals surface area contributed by atoms with Crippen LogP contribution >= 0.6 is 34.9 Å². The largest absolute Gasteiger partial charge is 0.198 e. The van der Waals surface area contributed by atoms with Crippen molar-refractivity contribution in [2.24, 2.45) is 11.8 Å². The third kappa shape index (κ3) is 3.40. The van der Waals surface area contributed by atoms with E-state index in [1.54, 1.807) is 34.9 Å². The van der Waals surface area contributed by atoms with Crippen molar-refractivity contribution in [1.29, 1.82) is 5.26 Å². The van der Waals surface area contributed by atoms with Crippen LogP contribution in [0, 0.1) is 23.2 Å². The zero-order chi connectivity index (χ0) is 13.0. The van der Waals surface area contributed by atoms with Crippen molar-refractivity contribution in [3.8, 4) is 6.07 Å². The van der Waals surface area contributed by atoms with E-state index >= 15 is 0 Å². The van der Waals surface area contributed by atoms with Gasteiger partial charge in [-0.3, -0.25) is 0 Å². The summed E-state index contributed by atoms with van der Waals surface area (Å²) in [4.78, 5) is 0. The van der Waals surface area contributed by atoms with E-state index in [-0.39, 0.29) is 5.92 Å². The van der Waals surface area contributed by atoms with Crippen LogP contribution < -0.4 is 0 Å². The predicted molar refractivity (Wildman–Crippen MR) is 78.1 cm³/mol. The van der Waals surface area contributed by atoms with Gasteiger partial charge in [-0.2, -0.15) is 5.26 Å². The van der Waals surface area contributed by atoms with Crippen LogP contribution in [0.4, 0.5) is 0 Å². The van der Waals surface area contributed by atoms with Crippen LogP contribution in [0.2, 0.25) is 0 Å². The molecular formula is C12H17N3S3. The van der Waals surface area contributed by atoms with Crippen LogP contribution in [0.5, 0.6) is 0 Å². The molecule has 1 aromatic heterocycles. The molecule has 1 aliphatic rings. The lowest BCUT2D eigenvalue weighted by atomic mass is 9.81. The molecule has 0 amide bonds. The van der Waals surface area contributed by atoms with Crippen LogP contribution in [0.3, 0.4) is 0 Å². The van der Waals surface area contributed by atoms with Crippen molar-refractivity contribution >= 4 is 34.9 Å². The lowest BCUT2D eigenvalue weighted by Gasteiger charge is -2.31. The maximum absolute atomic E-state index is 9.25. The standard InChI is InChI=1S/C12H17N3S3/c1-3-8-4-5-9(7-13)10(6-8)17-12-15-14-11(16-2)18-12/h8-10H,3-6H2,1-2H3. The van der Waals surface area contributed by atoms with Crippen molar-refractivity contribution in [1.82, 2.24) is 10.2 Å². The molecule has 1 fully saturated rings. The summed E-state index contributed by atoms with van der Waals surface area (Å²) in [6, 6.07) is 2.47. The Bertz CT molecular complexity index is 426. The van der Waals surface area contributed by atoms with Crippen LogP contribution in [0.1, 0.15) is 32.6 Å². The highest BCUT2D eigenvalue weighted by atomic mass is 32.2. The third-order valence-electron chi connectivity index (χ3n) is 3.46. The van der Waals surface area contributed by atoms with E-state index in [4.69, 9.17) is 0 Å². The molecule has 1 aromatic rings. The first kappa shape index (κ1) is 14.2. The van der Waals surface area contributed by atoms with E-state index in [9.17, 15) is 5.26 Å². The Morgan fingerprint density at radius 3 is 2.78 bits per heavy atom. The average Bonchev–Trinajstić information content (AvgIpc) is 2.86. The number of nitriles is 1. The van der Waals surface area contributed by atoms with Crippen molar-refractivity contribution in [2.45, 2.75) is 46.5 Å². The van der Waals surface area contributed by atoms with Crippen LogP contribution in [0.15, 0.2) is 8.68 Å². The Labute approximate surface area is 121 Å². The van der Waals surface area contributed by atoms with E-state index in [0.717, 1.165) is 27.4 Å². The Morgan fingerprint density at radius 2 is 2.17 bits per heavy atom. The highest BCUT2D eigenvalue weighted by Gasteiger charge is 2.31. The van der Waals surface area contributed by atoms with Gasteiger partial charge in [0.15, 0.2) is 8.68 Å². The summed E-state index contributed by atoms with van der Waals surface area (Å²) in [5, 5.41) is 18.0. The molecule has 0 aromatic carbocycles. The van der Waals surface area contributed by atoms with Crippen molar-refractivity contribution < 1.29 is 0 Å². The molecule has 1 aliphatic carbocycles. The minimum absolute atomic E-state index is 0.180. The topological polar surface area (TPSA) is 49.6 Å². The highest BCUT2D eigenvalue weighted by Crippen LogP contribution is 2.41. The summed E-state index contributed by atoms with van der Waals surface area (Å²) in [7, 11) is 0. The number of hydrogen-bond donors (Lipinski definition) is 0. The van der Waals surface area contributed by atoms with E-state index in [1.807, 2.05) is 6.26 Å². The van der Waals surface area contributed by atoms with Crippen LogP contribution in [-0.2, 0) is 0 Å². The molecule has 1 heterocycles. The summed E-state index contributed by atoms with van der Waals surface area (Å²) >= 11 is 5.03. The normalized spacial score (nSPS) is 27.9. The van der Waals surface area contributed by atoms with Gasteiger partial charge in [-0.1, -0.05) is 48.2 Å². The quantitative estimate of drug-likeness (QED) is 0.784. The minimum Gasteiger partial charge on any atom is -0.198 e. The van der Waals surface area contributed by atoms with E-state index < -0.39 is 0 Å². The SMILES string of the molecule is CCC1CCC(C#N)C(Sc2nnc(SC)s2)C1. The monoisotopic (exact) mass is 299 g/mol. The number of aromatic nitrogens is 2. The Balaban J connectivity index is 2.02. The van der Waals surface area contributed by atoms with Gasteiger partial charge in [0.1, 0.15) is 0 Å². The minimum atomic E-state index is 0.180. The summed E-state index contributed by atoms with van der Waals surface area (Å²) < 4.78 is 2.02. The van der Waals surface area contributed by atoms with Gasteiger partial charge in [0.25, 0.3) is 0 Å². The molecule has 3 atom stereocenters. The summed E-state index contributed by atoms with van der Waals surface area (Å²) in [6.45, 7) is 2.25. The lowest BCUT2D eigenvalue weighted by Crippen LogP contribution is -2.25. The van der Waals surface area contributed by atoms with Crippen LogP contribution in [0.25, 0.3) is 0 Å². The molecule has 3 unspecified atom stereocenters. The van der Waals surface area contributed by atoms with Gasteiger partial charge in [-0.15, -0.1) is 10.2 Å². The number of thioether (sulfide) groups is 2. The van der Waals surface area contributed by atoms with Crippen molar-refractivity contribution in [2.75, 3.05) is 6.26 Å². The first-order valence-corrected chi connectivity index (χ1v) is 9.12. The smallest absolute Gasteiger partial charge is 0.175 e. The summed E-state index contributed by atoms with van der Waals surface area (Å²) in [5.41, 5.74) is 0. The fourth-order valence-electron chi connectivity index (χ4n) is 2.32. The summed E-state index contributed by atoms with van der Waals surface area (Å²) in [6.07, 6.45) is 6.63. The Kier molecular flexibility index (Phi) is 5.34. The number of nitrogens with zero attached hydrogens (tertiary/aromatic N) is 3. The third-order valence-corrected chi connectivity index (χ3v) is 6.80. The molecule has 18 heavy (non-hydrogen) atoms. The van der Waals surface area contributed by atoms with Gasteiger partial charge in [-0.05, 0) is 31.4 Å². The predicted octanol–water partition coefficient (Wildman–Crippen LogP) is 4.07. The Morgan fingerprint density at radius 1 is 1.39 bits per heavy atom. The van der Waals surface area contributed by atoms with E-state index in [1.165, 1.54) is 12.8 Å². The fraction of sp³-hybridized carbons (Fsp3) is 0.750. The molecule has 0 N–H and O–H groups in total. The molecule has 3 nitrogen and oxygen atoms in total. The van der Waals surface area contributed by atoms with Gasteiger partial charge in [-0.25, -0.2) is 0 Å². The molecule has 2 rings (SSSR count). The molecule has 0 saturated heterocycles. The Hall–Kier alpha value is -0.250.